The van der Waals surface area contributed by atoms with Crippen LogP contribution in [0.2, 0.25) is 0 Å². The Morgan fingerprint density at radius 2 is 1.96 bits per heavy atom. The third-order valence-electron chi connectivity index (χ3n) is 5.01. The average molecular weight is 350 g/mol. The van der Waals surface area contributed by atoms with E-state index in [2.05, 4.69) is 24.3 Å². The number of methoxy groups -OCH3 is 1. The summed E-state index contributed by atoms with van der Waals surface area (Å²) in [4.78, 5) is 14.4. The van der Waals surface area contributed by atoms with E-state index in [1.807, 2.05) is 35.2 Å². The minimum atomic E-state index is 0.0602. The number of nitrogens with zero attached hydrogens (tertiary/aromatic N) is 1. The molecule has 0 saturated carbocycles. The highest BCUT2D eigenvalue weighted by molar-refractivity contribution is 5.92. The molecule has 0 radical (unpaired) electrons. The third-order valence-corrected chi connectivity index (χ3v) is 5.01. The van der Waals surface area contributed by atoms with E-state index < -0.39 is 0 Å². The summed E-state index contributed by atoms with van der Waals surface area (Å²) >= 11 is 0. The van der Waals surface area contributed by atoms with Gasteiger partial charge >= 0.3 is 0 Å². The first-order valence-electron chi connectivity index (χ1n) is 9.10. The number of hydrogen-bond donors (Lipinski definition) is 1. The molecule has 0 aromatic heterocycles. The van der Waals surface area contributed by atoms with E-state index in [9.17, 15) is 4.79 Å². The molecule has 1 saturated heterocycles. The lowest BCUT2D eigenvalue weighted by Gasteiger charge is -2.31. The molecule has 0 atom stereocenters. The summed E-state index contributed by atoms with van der Waals surface area (Å²) in [5.74, 6) is 1.34. The van der Waals surface area contributed by atoms with Gasteiger partial charge < -0.3 is 15.4 Å². The van der Waals surface area contributed by atoms with Crippen LogP contribution in [0.1, 0.15) is 35.4 Å². The fraction of sp³-hybridized carbons (Fsp3) is 0.318. The van der Waals surface area contributed by atoms with Crippen LogP contribution in [0.15, 0.2) is 54.6 Å². The van der Waals surface area contributed by atoms with Crippen LogP contribution in [0.4, 0.5) is 0 Å². The zero-order valence-corrected chi connectivity index (χ0v) is 15.2. The van der Waals surface area contributed by atoms with E-state index in [0.29, 0.717) is 12.5 Å². The highest BCUT2D eigenvalue weighted by Gasteiger charge is 2.22. The lowest BCUT2D eigenvalue weighted by atomic mass is 9.88. The maximum atomic E-state index is 12.5. The first-order chi connectivity index (χ1) is 12.7. The number of likely N-dealkylation sites (tertiary alicyclic amines) is 1. The van der Waals surface area contributed by atoms with Crippen LogP contribution in [-0.4, -0.2) is 31.0 Å². The quantitative estimate of drug-likeness (QED) is 0.839. The van der Waals surface area contributed by atoms with Crippen molar-refractivity contribution in [1.82, 2.24) is 4.90 Å². The van der Waals surface area contributed by atoms with Crippen LogP contribution >= 0.6 is 0 Å². The second-order valence-corrected chi connectivity index (χ2v) is 6.62. The molecular weight excluding hydrogens is 324 g/mol. The van der Waals surface area contributed by atoms with Gasteiger partial charge in [-0.1, -0.05) is 42.5 Å². The predicted molar refractivity (Wildman–Crippen MR) is 105 cm³/mol. The molecule has 0 bridgehead atoms. The summed E-state index contributed by atoms with van der Waals surface area (Å²) < 4.78 is 5.32. The number of rotatable bonds is 5. The van der Waals surface area contributed by atoms with Crippen molar-refractivity contribution in [3.8, 4) is 5.75 Å². The number of amides is 1. The van der Waals surface area contributed by atoms with E-state index in [1.165, 1.54) is 11.1 Å². The molecule has 2 aromatic carbocycles. The van der Waals surface area contributed by atoms with Crippen LogP contribution in [-0.2, 0) is 11.3 Å². The number of ether oxygens (including phenoxy) is 1. The standard InChI is InChI=1S/C22H26N2O2/c1-26-21-8-3-2-6-19(21)9-10-22(25)24-13-11-18(12-14-24)20-7-4-5-17(15-20)16-23/h2-10,15,18H,11-14,16,23H2,1H3. The normalized spacial score (nSPS) is 15.4. The number of para-hydroxylation sites is 1. The van der Waals surface area contributed by atoms with Gasteiger partial charge in [-0.05, 0) is 42.0 Å². The lowest BCUT2D eigenvalue weighted by molar-refractivity contribution is -0.126. The molecule has 1 fully saturated rings. The average Bonchev–Trinajstić information content (AvgIpc) is 2.72. The zero-order chi connectivity index (χ0) is 18.4. The van der Waals surface area contributed by atoms with Crippen molar-refractivity contribution in [2.24, 2.45) is 5.73 Å². The van der Waals surface area contributed by atoms with Gasteiger partial charge in [0.05, 0.1) is 7.11 Å². The van der Waals surface area contributed by atoms with E-state index >= 15 is 0 Å². The van der Waals surface area contributed by atoms with Crippen LogP contribution in [0.5, 0.6) is 5.75 Å². The number of carbonyl (C=O) groups excluding carboxylic acids is 1. The molecule has 1 aliphatic rings. The molecule has 1 heterocycles. The second-order valence-electron chi connectivity index (χ2n) is 6.62. The molecule has 0 spiro atoms. The fourth-order valence-electron chi connectivity index (χ4n) is 3.48. The minimum absolute atomic E-state index is 0.0602. The molecule has 1 aliphatic heterocycles. The number of benzene rings is 2. The molecule has 4 heteroatoms. The Morgan fingerprint density at radius 3 is 2.69 bits per heavy atom. The molecule has 136 valence electrons. The highest BCUT2D eigenvalue weighted by Crippen LogP contribution is 2.28. The largest absolute Gasteiger partial charge is 0.496 e. The number of piperidine rings is 1. The summed E-state index contributed by atoms with van der Waals surface area (Å²) in [5.41, 5.74) is 9.16. The van der Waals surface area contributed by atoms with Gasteiger partial charge in [0.1, 0.15) is 5.75 Å². The van der Waals surface area contributed by atoms with Crippen molar-refractivity contribution in [3.63, 3.8) is 0 Å². The Bertz CT molecular complexity index is 777. The highest BCUT2D eigenvalue weighted by atomic mass is 16.5. The molecule has 0 unspecified atom stereocenters. The topological polar surface area (TPSA) is 55.6 Å². The Balaban J connectivity index is 1.59. The van der Waals surface area contributed by atoms with Gasteiger partial charge in [0.15, 0.2) is 0 Å². The zero-order valence-electron chi connectivity index (χ0n) is 15.2. The summed E-state index contributed by atoms with van der Waals surface area (Å²) in [6.45, 7) is 2.14. The van der Waals surface area contributed by atoms with E-state index in [1.54, 1.807) is 13.2 Å². The van der Waals surface area contributed by atoms with Crippen LogP contribution in [0.3, 0.4) is 0 Å². The van der Waals surface area contributed by atoms with E-state index in [0.717, 1.165) is 37.2 Å². The van der Waals surface area contributed by atoms with Crippen LogP contribution < -0.4 is 10.5 Å². The molecule has 3 rings (SSSR count). The van der Waals surface area contributed by atoms with Crippen molar-refractivity contribution in [2.45, 2.75) is 25.3 Å². The predicted octanol–water partition coefficient (Wildman–Crippen LogP) is 3.57. The monoisotopic (exact) mass is 350 g/mol. The van der Waals surface area contributed by atoms with Crippen molar-refractivity contribution in [2.75, 3.05) is 20.2 Å². The van der Waals surface area contributed by atoms with Crippen LogP contribution in [0.25, 0.3) is 6.08 Å². The Hall–Kier alpha value is -2.59. The summed E-state index contributed by atoms with van der Waals surface area (Å²) in [5, 5.41) is 0. The molecular formula is C22H26N2O2. The lowest BCUT2D eigenvalue weighted by Crippen LogP contribution is -2.36. The Kier molecular flexibility index (Phi) is 6.08. The summed E-state index contributed by atoms with van der Waals surface area (Å²) in [6, 6.07) is 16.2. The Labute approximate surface area is 155 Å². The van der Waals surface area contributed by atoms with Crippen molar-refractivity contribution < 1.29 is 9.53 Å². The van der Waals surface area contributed by atoms with Gasteiger partial charge in [0, 0.05) is 31.3 Å². The van der Waals surface area contributed by atoms with E-state index in [4.69, 9.17) is 10.5 Å². The fourth-order valence-corrected chi connectivity index (χ4v) is 3.48. The Morgan fingerprint density at radius 1 is 1.19 bits per heavy atom. The third kappa shape index (κ3) is 4.33. The van der Waals surface area contributed by atoms with Gasteiger partial charge in [0.25, 0.3) is 0 Å². The minimum Gasteiger partial charge on any atom is -0.496 e. The maximum Gasteiger partial charge on any atom is 0.246 e. The SMILES string of the molecule is COc1ccccc1C=CC(=O)N1CCC(c2cccc(CN)c2)CC1. The molecule has 26 heavy (non-hydrogen) atoms. The first kappa shape index (κ1) is 18.2. The van der Waals surface area contributed by atoms with Gasteiger partial charge in [0.2, 0.25) is 5.91 Å². The maximum absolute atomic E-state index is 12.5. The molecule has 4 nitrogen and oxygen atoms in total. The number of hydrogen-bond acceptors (Lipinski definition) is 3. The summed E-state index contributed by atoms with van der Waals surface area (Å²) in [6.07, 6.45) is 5.45. The van der Waals surface area contributed by atoms with Gasteiger partial charge in [-0.3, -0.25) is 4.79 Å². The first-order valence-corrected chi connectivity index (χ1v) is 9.10. The molecule has 0 aliphatic carbocycles. The second kappa shape index (κ2) is 8.68. The number of carbonyl (C=O) groups is 1. The van der Waals surface area contributed by atoms with Gasteiger partial charge in [-0.15, -0.1) is 0 Å². The van der Waals surface area contributed by atoms with Gasteiger partial charge in [-0.2, -0.15) is 0 Å². The van der Waals surface area contributed by atoms with Crippen molar-refractivity contribution in [3.05, 3.63) is 71.3 Å². The van der Waals surface area contributed by atoms with Crippen LogP contribution in [0, 0.1) is 0 Å². The van der Waals surface area contributed by atoms with E-state index in [-0.39, 0.29) is 5.91 Å². The van der Waals surface area contributed by atoms with Crippen molar-refractivity contribution >= 4 is 12.0 Å². The van der Waals surface area contributed by atoms with Gasteiger partial charge in [-0.25, -0.2) is 0 Å². The smallest absolute Gasteiger partial charge is 0.246 e. The summed E-state index contributed by atoms with van der Waals surface area (Å²) in [7, 11) is 1.64. The number of nitrogens with two attached hydrogens (primary N) is 1. The molecule has 2 aromatic rings. The van der Waals surface area contributed by atoms with Crippen molar-refractivity contribution in [1.29, 1.82) is 0 Å². The molecule has 1 amide bonds. The molecule has 2 N–H and O–H groups in total.